The van der Waals surface area contributed by atoms with Gasteiger partial charge in [-0.05, 0) is 50.7 Å². The Balaban J connectivity index is 0.00000261. The molecule has 1 aliphatic rings. The van der Waals surface area contributed by atoms with E-state index in [4.69, 9.17) is 10.8 Å². The highest BCUT2D eigenvalue weighted by molar-refractivity contribution is 5.94. The van der Waals surface area contributed by atoms with E-state index in [1.807, 2.05) is 11.7 Å². The van der Waals surface area contributed by atoms with Gasteiger partial charge < -0.3 is 10.6 Å². The fourth-order valence-corrected chi connectivity index (χ4v) is 3.47. The van der Waals surface area contributed by atoms with Crippen LogP contribution >= 0.6 is 12.4 Å². The van der Waals surface area contributed by atoms with Crippen molar-refractivity contribution in [3.63, 3.8) is 0 Å². The van der Waals surface area contributed by atoms with E-state index in [0.717, 1.165) is 36.9 Å². The maximum absolute atomic E-state index is 13.0. The lowest BCUT2D eigenvalue weighted by atomic mass is 10.0. The lowest BCUT2D eigenvalue weighted by Gasteiger charge is -2.21. The number of amides is 1. The van der Waals surface area contributed by atoms with Gasteiger partial charge in [-0.15, -0.1) is 12.4 Å². The molecule has 0 radical (unpaired) electrons. The molecule has 1 amide bonds. The topological polar surface area (TPSA) is 64.2 Å². The standard InChI is InChI=1S/C21H30N4O.ClH/c1-14(2)18(22)12-13-24(4)21(26)20-17-6-5-7-19(17)25(23-20)16-10-8-15(3)9-11-16;/h8-11,14,18H,5-7,12-13,22H2,1-4H3;1H. The molecule has 1 heterocycles. The molecule has 0 saturated carbocycles. The molecule has 0 spiro atoms. The molecule has 2 aromatic rings. The molecule has 1 unspecified atom stereocenters. The van der Waals surface area contributed by atoms with Crippen LogP contribution in [0.1, 0.15) is 54.0 Å². The Hall–Kier alpha value is -1.85. The first-order valence-corrected chi connectivity index (χ1v) is 9.57. The molecule has 0 aliphatic heterocycles. The van der Waals surface area contributed by atoms with Gasteiger partial charge in [-0.25, -0.2) is 4.68 Å². The Morgan fingerprint density at radius 1 is 1.26 bits per heavy atom. The summed E-state index contributed by atoms with van der Waals surface area (Å²) in [5.41, 5.74) is 11.3. The van der Waals surface area contributed by atoms with Gasteiger partial charge in [0.25, 0.3) is 5.91 Å². The van der Waals surface area contributed by atoms with Gasteiger partial charge in [0, 0.05) is 30.9 Å². The average molecular weight is 391 g/mol. The monoisotopic (exact) mass is 390 g/mol. The van der Waals surface area contributed by atoms with Crippen molar-refractivity contribution in [2.45, 2.75) is 52.5 Å². The zero-order valence-corrected chi connectivity index (χ0v) is 17.6. The zero-order valence-electron chi connectivity index (χ0n) is 16.7. The van der Waals surface area contributed by atoms with Crippen LogP contribution in [0.25, 0.3) is 5.69 Å². The third-order valence-corrected chi connectivity index (χ3v) is 5.41. The lowest BCUT2D eigenvalue weighted by Crippen LogP contribution is -2.35. The quantitative estimate of drug-likeness (QED) is 0.820. The predicted molar refractivity (Wildman–Crippen MR) is 112 cm³/mol. The number of fused-ring (bicyclic) bond motifs is 1. The van der Waals surface area contributed by atoms with Crippen LogP contribution < -0.4 is 5.73 Å². The summed E-state index contributed by atoms with van der Waals surface area (Å²) in [7, 11) is 1.85. The molecule has 148 valence electrons. The molecule has 27 heavy (non-hydrogen) atoms. The number of rotatable bonds is 6. The second-order valence-corrected chi connectivity index (χ2v) is 7.80. The molecule has 1 aromatic carbocycles. The van der Waals surface area contributed by atoms with Gasteiger partial charge in [-0.2, -0.15) is 5.10 Å². The van der Waals surface area contributed by atoms with Gasteiger partial charge in [-0.1, -0.05) is 31.5 Å². The Morgan fingerprint density at radius 3 is 2.56 bits per heavy atom. The van der Waals surface area contributed by atoms with E-state index >= 15 is 0 Å². The fraction of sp³-hybridized carbons (Fsp3) is 0.524. The van der Waals surface area contributed by atoms with Crippen LogP contribution in [0, 0.1) is 12.8 Å². The van der Waals surface area contributed by atoms with E-state index in [2.05, 4.69) is 45.0 Å². The van der Waals surface area contributed by atoms with Crippen LogP contribution in [0.5, 0.6) is 0 Å². The predicted octanol–water partition coefficient (Wildman–Crippen LogP) is 3.54. The summed E-state index contributed by atoms with van der Waals surface area (Å²) in [5, 5.41) is 4.71. The van der Waals surface area contributed by atoms with Crippen molar-refractivity contribution in [2.75, 3.05) is 13.6 Å². The summed E-state index contributed by atoms with van der Waals surface area (Å²) >= 11 is 0. The number of hydrogen-bond acceptors (Lipinski definition) is 3. The second kappa shape index (κ2) is 8.89. The number of carbonyl (C=O) groups is 1. The summed E-state index contributed by atoms with van der Waals surface area (Å²) < 4.78 is 1.96. The Kier molecular flexibility index (Phi) is 7.06. The van der Waals surface area contributed by atoms with Crippen LogP contribution in [0.4, 0.5) is 0 Å². The van der Waals surface area contributed by atoms with Gasteiger partial charge in [-0.3, -0.25) is 4.79 Å². The summed E-state index contributed by atoms with van der Waals surface area (Å²) in [6, 6.07) is 8.42. The highest BCUT2D eigenvalue weighted by Crippen LogP contribution is 2.28. The van der Waals surface area contributed by atoms with Crippen molar-refractivity contribution in [1.29, 1.82) is 0 Å². The minimum absolute atomic E-state index is 0. The fourth-order valence-electron chi connectivity index (χ4n) is 3.47. The minimum atomic E-state index is 0. The largest absolute Gasteiger partial charge is 0.340 e. The molecule has 0 bridgehead atoms. The van der Waals surface area contributed by atoms with E-state index in [-0.39, 0.29) is 24.4 Å². The van der Waals surface area contributed by atoms with Gasteiger partial charge in [0.15, 0.2) is 5.69 Å². The number of halogens is 1. The first kappa shape index (κ1) is 21.5. The van der Waals surface area contributed by atoms with Crippen LogP contribution in [0.3, 0.4) is 0 Å². The van der Waals surface area contributed by atoms with E-state index in [1.165, 1.54) is 11.3 Å². The Labute approximate surface area is 168 Å². The maximum Gasteiger partial charge on any atom is 0.274 e. The smallest absolute Gasteiger partial charge is 0.274 e. The third kappa shape index (κ3) is 4.53. The molecule has 5 nitrogen and oxygen atoms in total. The summed E-state index contributed by atoms with van der Waals surface area (Å²) in [6.45, 7) is 6.96. The summed E-state index contributed by atoms with van der Waals surface area (Å²) in [6.07, 6.45) is 3.80. The number of hydrogen-bond donors (Lipinski definition) is 1. The second-order valence-electron chi connectivity index (χ2n) is 7.80. The van der Waals surface area contributed by atoms with Crippen LogP contribution in [0.2, 0.25) is 0 Å². The maximum atomic E-state index is 13.0. The van der Waals surface area contributed by atoms with Crippen LogP contribution in [0.15, 0.2) is 24.3 Å². The number of carbonyl (C=O) groups excluding carboxylic acids is 1. The molecule has 0 saturated heterocycles. The van der Waals surface area contributed by atoms with Gasteiger partial charge in [0.1, 0.15) is 0 Å². The normalized spacial score (nSPS) is 14.0. The van der Waals surface area contributed by atoms with Crippen molar-refractivity contribution in [3.8, 4) is 5.69 Å². The number of benzene rings is 1. The SMILES string of the molecule is Cc1ccc(-n2nc(C(=O)N(C)CCC(N)C(C)C)c3c2CCC3)cc1.Cl. The number of aryl methyl sites for hydroxylation is 1. The van der Waals surface area contributed by atoms with Crippen molar-refractivity contribution in [1.82, 2.24) is 14.7 Å². The third-order valence-electron chi connectivity index (χ3n) is 5.41. The van der Waals surface area contributed by atoms with Crippen molar-refractivity contribution in [3.05, 3.63) is 46.8 Å². The number of nitrogens with zero attached hydrogens (tertiary/aromatic N) is 3. The first-order valence-electron chi connectivity index (χ1n) is 9.57. The molecule has 2 N–H and O–H groups in total. The Bertz CT molecular complexity index is 782. The van der Waals surface area contributed by atoms with E-state index in [1.54, 1.807) is 4.90 Å². The molecule has 1 aromatic heterocycles. The summed E-state index contributed by atoms with van der Waals surface area (Å²) in [5.74, 6) is 0.425. The Morgan fingerprint density at radius 2 is 1.93 bits per heavy atom. The van der Waals surface area contributed by atoms with Crippen molar-refractivity contribution in [2.24, 2.45) is 11.7 Å². The molecule has 1 atom stereocenters. The molecular formula is C21H31ClN4O. The van der Waals surface area contributed by atoms with Crippen LogP contribution in [-0.2, 0) is 12.8 Å². The van der Waals surface area contributed by atoms with Crippen LogP contribution in [-0.4, -0.2) is 40.2 Å². The van der Waals surface area contributed by atoms with E-state index in [9.17, 15) is 4.79 Å². The highest BCUT2D eigenvalue weighted by atomic mass is 35.5. The van der Waals surface area contributed by atoms with Gasteiger partial charge in [0.05, 0.1) is 5.69 Å². The molecule has 1 aliphatic carbocycles. The van der Waals surface area contributed by atoms with Crippen molar-refractivity contribution < 1.29 is 4.79 Å². The first-order chi connectivity index (χ1) is 12.4. The van der Waals surface area contributed by atoms with Gasteiger partial charge >= 0.3 is 0 Å². The molecule has 3 rings (SSSR count). The average Bonchev–Trinajstić information content (AvgIpc) is 3.22. The van der Waals surface area contributed by atoms with Gasteiger partial charge in [0.2, 0.25) is 0 Å². The van der Waals surface area contributed by atoms with E-state index < -0.39 is 0 Å². The molecule has 6 heteroatoms. The highest BCUT2D eigenvalue weighted by Gasteiger charge is 2.28. The zero-order chi connectivity index (χ0) is 18.8. The molecular weight excluding hydrogens is 360 g/mol. The number of nitrogens with two attached hydrogens (primary N) is 1. The minimum Gasteiger partial charge on any atom is -0.340 e. The molecule has 0 fully saturated rings. The lowest BCUT2D eigenvalue weighted by molar-refractivity contribution is 0.0782. The number of aromatic nitrogens is 2. The van der Waals surface area contributed by atoms with Crippen molar-refractivity contribution >= 4 is 18.3 Å². The van der Waals surface area contributed by atoms with E-state index in [0.29, 0.717) is 18.2 Å². The summed E-state index contributed by atoms with van der Waals surface area (Å²) in [4.78, 5) is 14.8.